The van der Waals surface area contributed by atoms with E-state index in [0.717, 1.165) is 44.2 Å². The van der Waals surface area contributed by atoms with Crippen LogP contribution >= 0.6 is 23.4 Å². The summed E-state index contributed by atoms with van der Waals surface area (Å²) in [5, 5.41) is 53.9. The lowest BCUT2D eigenvalue weighted by Gasteiger charge is -2.38. The maximum Gasteiger partial charge on any atom is 0.329 e. The molecule has 23 heteroatoms. The standard InChI is InChI=1S/C73H97ClFN5O15S/c1-43-30-50(15-13-28-96-29-26-76-40-54-21-25-63(94-54)51-19-22-58-56(36-51)70(78-42-77-58)79-53-20-24-64(57(74)37-53)93-41-49-14-12-16-52(75)34-49)62(83)39-61(82)46(4)68(44(2)32-48-18-23-60(81)67(35-48)92-9)95-72(86)59-17-10-11-27-80(59)71(85)69(84)73(87,88)45(3)33-65(90-7)47(5)66(91-8)38-55(31-43)89-6/h12,14,16,19-22,24-25,30,32,34,36-37,42,45-48,50,55,59-61,65-68,76,81-82,87-88H,10-11,13,15,17-18,23,26-29,31,33,35,38-41H2,1-9H3,(H,77,78,79)/b43-30+,44-32+/t45-,46-,47+,48+,50-,55+,59+,60-,61+,65+,66+,67-,68-/m1/s1. The van der Waals surface area contributed by atoms with Crippen LogP contribution < -0.4 is 15.4 Å². The molecule has 0 bridgehead atoms. The summed E-state index contributed by atoms with van der Waals surface area (Å²) in [5.74, 6) is -6.26. The van der Waals surface area contributed by atoms with E-state index in [1.54, 1.807) is 71.2 Å². The number of rotatable bonds is 21. The number of nitrogens with one attached hydrogen (secondary N) is 2. The molecule has 1 aliphatic carbocycles. The predicted molar refractivity (Wildman–Crippen MR) is 367 cm³/mol. The first-order valence-corrected chi connectivity index (χ1v) is 35.0. The fourth-order valence-electron chi connectivity index (χ4n) is 13.4. The van der Waals surface area contributed by atoms with E-state index in [0.29, 0.717) is 110 Å². The minimum atomic E-state index is -3.12. The molecule has 4 heterocycles. The predicted octanol–water partition coefficient (Wildman–Crippen LogP) is 11.3. The molecular weight excluding hydrogens is 1270 g/mol. The van der Waals surface area contributed by atoms with Gasteiger partial charge in [-0.1, -0.05) is 62.2 Å². The van der Waals surface area contributed by atoms with Crippen molar-refractivity contribution in [2.45, 2.75) is 179 Å². The minimum absolute atomic E-state index is 0.0155. The number of halogens is 2. The van der Waals surface area contributed by atoms with Crippen molar-refractivity contribution in [3.63, 3.8) is 0 Å². The van der Waals surface area contributed by atoms with Crippen molar-refractivity contribution in [2.75, 3.05) is 58.4 Å². The summed E-state index contributed by atoms with van der Waals surface area (Å²) >= 11 is 8.38. The smallest absolute Gasteiger partial charge is 0.329 e. The van der Waals surface area contributed by atoms with Gasteiger partial charge in [0, 0.05) is 100 Å². The van der Waals surface area contributed by atoms with Crippen molar-refractivity contribution in [3.8, 4) is 17.1 Å². The van der Waals surface area contributed by atoms with E-state index in [9.17, 15) is 44.0 Å². The first-order valence-electron chi connectivity index (χ1n) is 33.4. The molecule has 6 N–H and O–H groups in total. The third-order valence-corrected chi connectivity index (χ3v) is 20.6. The molecule has 2 fully saturated rings. The van der Waals surface area contributed by atoms with Crippen LogP contribution in [0.15, 0.2) is 107 Å². The molecule has 13 atom stereocenters. The normalized spacial score (nSPS) is 27.8. The topological polar surface area (TPSA) is 271 Å². The highest BCUT2D eigenvalue weighted by Crippen LogP contribution is 2.37. The van der Waals surface area contributed by atoms with E-state index in [4.69, 9.17) is 44.4 Å². The number of piperidine rings is 1. The fraction of sp³-hybridized carbons (Fsp3) is 0.562. The van der Waals surface area contributed by atoms with Crippen LogP contribution in [0.3, 0.4) is 0 Å². The van der Waals surface area contributed by atoms with Crippen molar-refractivity contribution < 1.29 is 76.8 Å². The highest BCUT2D eigenvalue weighted by atomic mass is 35.5. The van der Waals surface area contributed by atoms with Gasteiger partial charge in [-0.15, -0.1) is 0 Å². The Bertz CT molecular complexity index is 3460. The number of allylic oxidation sites excluding steroid dienone is 2. The number of esters is 1. The number of methoxy groups -OCH3 is 4. The van der Waals surface area contributed by atoms with Crippen molar-refractivity contribution in [3.05, 3.63) is 125 Å². The van der Waals surface area contributed by atoms with Crippen LogP contribution in [0.4, 0.5) is 15.9 Å². The number of cyclic esters (lactones) is 1. The molecule has 1 saturated carbocycles. The number of hydrogen-bond acceptors (Lipinski definition) is 20. The van der Waals surface area contributed by atoms with Gasteiger partial charge in [-0.2, -0.15) is 11.8 Å². The average molecular weight is 1370 g/mol. The maximum absolute atomic E-state index is 14.8. The summed E-state index contributed by atoms with van der Waals surface area (Å²) < 4.78 is 55.9. The molecule has 0 radical (unpaired) electrons. The van der Waals surface area contributed by atoms with Gasteiger partial charge in [0.1, 0.15) is 59.8 Å². The molecule has 2 aromatic heterocycles. The number of furan rings is 1. The molecular formula is C73H97ClFN5O15S. The molecule has 5 aromatic rings. The highest BCUT2D eigenvalue weighted by Gasteiger charge is 2.49. The number of aromatic nitrogens is 2. The Hall–Kier alpha value is -6.15. The number of fused-ring (bicyclic) bond motifs is 2. The third-order valence-electron chi connectivity index (χ3n) is 19.3. The van der Waals surface area contributed by atoms with Gasteiger partial charge >= 0.3 is 5.97 Å². The number of carbonyl (C=O) groups is 4. The van der Waals surface area contributed by atoms with Crippen molar-refractivity contribution in [2.24, 2.45) is 29.6 Å². The Morgan fingerprint density at radius 1 is 0.844 bits per heavy atom. The number of benzene rings is 3. The average Bonchev–Trinajstić information content (AvgIpc) is 1.24. The molecule has 3 aliphatic rings. The van der Waals surface area contributed by atoms with Crippen LogP contribution in [-0.4, -0.2) is 166 Å². The fourth-order valence-corrected chi connectivity index (χ4v) is 14.5. The van der Waals surface area contributed by atoms with Gasteiger partial charge in [0.15, 0.2) is 0 Å². The number of carbonyl (C=O) groups excluding carboxylic acids is 4. The molecule has 20 nitrogen and oxygen atoms in total. The lowest BCUT2D eigenvalue weighted by molar-refractivity contribution is -0.209. The zero-order chi connectivity index (χ0) is 69.2. The van der Waals surface area contributed by atoms with E-state index in [1.165, 1.54) is 32.5 Å². The van der Waals surface area contributed by atoms with Crippen LogP contribution in [0, 0.1) is 35.4 Å². The van der Waals surface area contributed by atoms with Crippen molar-refractivity contribution >= 4 is 69.2 Å². The molecule has 8 rings (SSSR count). The van der Waals surface area contributed by atoms with Crippen LogP contribution in [0.2, 0.25) is 5.02 Å². The first-order chi connectivity index (χ1) is 46.0. The van der Waals surface area contributed by atoms with Crippen LogP contribution in [-0.2, 0) is 56.0 Å². The number of Topliss-reactive ketones (excluding diaryl/α,β-unsaturated/α-hetero) is 2. The lowest BCUT2D eigenvalue weighted by atomic mass is 9.81. The Morgan fingerprint density at radius 3 is 2.35 bits per heavy atom. The molecule has 96 heavy (non-hydrogen) atoms. The van der Waals surface area contributed by atoms with Gasteiger partial charge < -0.3 is 68.8 Å². The number of anilines is 2. The molecule has 3 aromatic carbocycles. The number of thioether (sulfide) groups is 1. The Labute approximate surface area is 572 Å². The maximum atomic E-state index is 14.8. The van der Waals surface area contributed by atoms with Crippen LogP contribution in [0.5, 0.6) is 5.75 Å². The monoisotopic (exact) mass is 1370 g/mol. The molecule has 0 unspecified atom stereocenters. The van der Waals surface area contributed by atoms with Gasteiger partial charge in [0.25, 0.3) is 11.7 Å². The summed E-state index contributed by atoms with van der Waals surface area (Å²) in [6, 6.07) is 20.0. The first kappa shape index (κ1) is 75.6. The van der Waals surface area contributed by atoms with Gasteiger partial charge in [0.2, 0.25) is 5.79 Å². The number of ether oxygens (including phenoxy) is 6. The Kier molecular flexibility index (Phi) is 28.4. The summed E-state index contributed by atoms with van der Waals surface area (Å²) in [7, 11) is 6.22. The van der Waals surface area contributed by atoms with E-state index in [2.05, 4.69) is 20.6 Å². The molecule has 1 saturated heterocycles. The summed E-state index contributed by atoms with van der Waals surface area (Å²) in [5.41, 5.74) is 4.43. The zero-order valence-corrected chi connectivity index (χ0v) is 58.3. The second kappa shape index (κ2) is 36.1. The summed E-state index contributed by atoms with van der Waals surface area (Å²) in [6.45, 7) is 10.2. The Balaban J connectivity index is 0.929. The Morgan fingerprint density at radius 2 is 1.61 bits per heavy atom. The van der Waals surface area contributed by atoms with E-state index in [1.807, 2.05) is 62.4 Å². The second-order valence-electron chi connectivity index (χ2n) is 26.1. The van der Waals surface area contributed by atoms with Crippen LogP contribution in [0.1, 0.15) is 123 Å². The molecule has 2 aliphatic heterocycles. The SMILES string of the molecule is CO[C@H]1C/C(C)=C/[C@@H](CCCSCCNCc2ccc(-c3ccc4ncnc(Nc5ccc(OCc6cccc(F)c6)c(Cl)c5)c4c3)o2)C(=O)C[C@H](O)[C@@H](C)[C@@H](/C(C)=C/[C@@H]2CC[C@@H](O)[C@H](OC)C2)OC(=O)[C@@H]2CCCCN2C(=O)C(=O)C(O)(O)[C@H](C)C[C@H](OC)[C@H](C)[C@@H](OC)C1. The third kappa shape index (κ3) is 20.3. The molecule has 0 spiro atoms. The van der Waals surface area contributed by atoms with E-state index >= 15 is 0 Å². The minimum Gasteiger partial charge on any atom is -0.487 e. The van der Waals surface area contributed by atoms with E-state index < -0.39 is 83.9 Å². The number of ketones is 2. The van der Waals surface area contributed by atoms with Crippen LogP contribution in [0.25, 0.3) is 22.2 Å². The molecule has 1 amide bonds. The number of aliphatic hydroxyl groups is 4. The van der Waals surface area contributed by atoms with Crippen molar-refractivity contribution in [1.82, 2.24) is 20.2 Å². The quantitative estimate of drug-likeness (QED) is 0.0131. The largest absolute Gasteiger partial charge is 0.487 e. The molecule has 524 valence electrons. The number of amides is 1. The van der Waals surface area contributed by atoms with Gasteiger partial charge in [0.05, 0.1) is 53.7 Å². The number of nitrogens with zero attached hydrogens (tertiary/aromatic N) is 3. The van der Waals surface area contributed by atoms with Gasteiger partial charge in [-0.25, -0.2) is 19.2 Å². The lowest BCUT2D eigenvalue weighted by Crippen LogP contribution is -2.58. The van der Waals surface area contributed by atoms with Gasteiger partial charge in [-0.05, 0) is 162 Å². The van der Waals surface area contributed by atoms with E-state index in [-0.39, 0.29) is 62.0 Å². The van der Waals surface area contributed by atoms with Crippen molar-refractivity contribution in [1.29, 1.82) is 0 Å². The highest BCUT2D eigenvalue weighted by molar-refractivity contribution is 7.99. The van der Waals surface area contributed by atoms with Gasteiger partial charge in [-0.3, -0.25) is 14.4 Å². The number of aliphatic hydroxyl groups excluding tert-OH is 2. The summed E-state index contributed by atoms with van der Waals surface area (Å²) in [6.07, 6.45) is 4.93. The zero-order valence-electron chi connectivity index (χ0n) is 56.7. The number of hydrogen-bond donors (Lipinski definition) is 6. The summed E-state index contributed by atoms with van der Waals surface area (Å²) in [4.78, 5) is 67.7. The second-order valence-corrected chi connectivity index (χ2v) is 27.8.